The van der Waals surface area contributed by atoms with Gasteiger partial charge in [0.25, 0.3) is 0 Å². The van der Waals surface area contributed by atoms with E-state index in [1.807, 2.05) is 0 Å². The van der Waals surface area contributed by atoms with E-state index in [2.05, 4.69) is 4.99 Å². The minimum Gasteiger partial charge on any atom is -0.469 e. The number of esters is 1. The maximum absolute atomic E-state index is 11.4. The maximum atomic E-state index is 11.4. The van der Waals surface area contributed by atoms with Crippen molar-refractivity contribution in [2.45, 2.75) is 44.9 Å². The fourth-order valence-electron chi connectivity index (χ4n) is 2.45. The van der Waals surface area contributed by atoms with Gasteiger partial charge >= 0.3 is 5.97 Å². The summed E-state index contributed by atoms with van der Waals surface area (Å²) >= 11 is 0. The molecule has 0 atom stereocenters. The Hall–Kier alpha value is -1.15. The molecule has 0 aliphatic heterocycles. The van der Waals surface area contributed by atoms with E-state index in [-0.39, 0.29) is 11.4 Å². The molecule has 4 nitrogen and oxygen atoms in total. The second-order valence-corrected chi connectivity index (χ2v) is 4.57. The number of rotatable bonds is 4. The molecule has 0 N–H and O–H groups in total. The van der Waals surface area contributed by atoms with Crippen molar-refractivity contribution in [3.63, 3.8) is 0 Å². The summed E-state index contributed by atoms with van der Waals surface area (Å²) in [5, 5.41) is 0. The quantitative estimate of drug-likeness (QED) is 0.319. The fourth-order valence-corrected chi connectivity index (χ4v) is 2.45. The number of isocyanates is 1. The minimum atomic E-state index is -0.206. The molecule has 0 aromatic heterocycles. The molecule has 1 aliphatic rings. The van der Waals surface area contributed by atoms with E-state index in [1.165, 1.54) is 20.0 Å². The molecule has 1 aliphatic carbocycles. The summed E-state index contributed by atoms with van der Waals surface area (Å²) in [5.74, 6) is -0.206. The number of hydrogen-bond acceptors (Lipinski definition) is 4. The zero-order valence-electron chi connectivity index (χ0n) is 9.83. The third-order valence-electron chi connectivity index (χ3n) is 3.39. The highest BCUT2D eigenvalue weighted by molar-refractivity contribution is 5.70. The van der Waals surface area contributed by atoms with Crippen LogP contribution in [-0.2, 0) is 14.3 Å². The molecule has 0 radical (unpaired) electrons. The summed E-state index contributed by atoms with van der Waals surface area (Å²) < 4.78 is 4.72. The van der Waals surface area contributed by atoms with Crippen molar-refractivity contribution in [3.8, 4) is 0 Å². The highest BCUT2D eigenvalue weighted by atomic mass is 16.5. The summed E-state index contributed by atoms with van der Waals surface area (Å²) in [5.41, 5.74) is -0.166. The third-order valence-corrected chi connectivity index (χ3v) is 3.39. The van der Waals surface area contributed by atoms with Gasteiger partial charge in [-0.15, -0.1) is 0 Å². The number of ether oxygens (including phenoxy) is 1. The van der Waals surface area contributed by atoms with Gasteiger partial charge < -0.3 is 4.74 Å². The van der Waals surface area contributed by atoms with Crippen molar-refractivity contribution in [3.05, 3.63) is 0 Å². The predicted octanol–water partition coefficient (Wildman–Crippen LogP) is 2.23. The molecule has 0 aromatic carbocycles. The number of carbonyl (C=O) groups is 1. The number of carbonyl (C=O) groups excluding carboxylic acids is 2. The smallest absolute Gasteiger partial charge is 0.306 e. The highest BCUT2D eigenvalue weighted by Crippen LogP contribution is 2.38. The van der Waals surface area contributed by atoms with Crippen LogP contribution in [0.15, 0.2) is 4.99 Å². The Balaban J connectivity index is 2.71. The molecule has 4 heteroatoms. The summed E-state index contributed by atoms with van der Waals surface area (Å²) in [4.78, 5) is 25.3. The molecule has 0 amide bonds. The van der Waals surface area contributed by atoms with E-state index in [4.69, 9.17) is 4.74 Å². The molecule has 1 rings (SSSR count). The van der Waals surface area contributed by atoms with Crippen LogP contribution in [0.5, 0.6) is 0 Å². The van der Waals surface area contributed by atoms with E-state index in [0.29, 0.717) is 13.0 Å². The monoisotopic (exact) mass is 225 g/mol. The summed E-state index contributed by atoms with van der Waals surface area (Å²) in [6.07, 6.45) is 8.46. The van der Waals surface area contributed by atoms with Gasteiger partial charge in [0.1, 0.15) is 0 Å². The van der Waals surface area contributed by atoms with Gasteiger partial charge in [-0.05, 0) is 12.8 Å². The van der Waals surface area contributed by atoms with Crippen LogP contribution in [0, 0.1) is 5.41 Å². The molecule has 1 fully saturated rings. The Bertz CT molecular complexity index is 274. The molecule has 0 bridgehead atoms. The SMILES string of the molecule is COC(=O)CC1(CN=C=O)CCCCCC1. The lowest BCUT2D eigenvalue weighted by atomic mass is 9.77. The first-order valence-corrected chi connectivity index (χ1v) is 5.83. The molecule has 0 heterocycles. The Morgan fingerprint density at radius 2 is 1.94 bits per heavy atom. The largest absolute Gasteiger partial charge is 0.469 e. The van der Waals surface area contributed by atoms with Crippen molar-refractivity contribution in [1.29, 1.82) is 0 Å². The topological polar surface area (TPSA) is 55.7 Å². The zero-order chi connectivity index (χ0) is 11.9. The van der Waals surface area contributed by atoms with Crippen molar-refractivity contribution >= 4 is 12.0 Å². The summed E-state index contributed by atoms with van der Waals surface area (Å²) in [6.45, 7) is 0.408. The first-order chi connectivity index (χ1) is 7.72. The second kappa shape index (κ2) is 6.44. The predicted molar refractivity (Wildman–Crippen MR) is 59.8 cm³/mol. The van der Waals surface area contributed by atoms with Gasteiger partial charge in [0.15, 0.2) is 0 Å². The molecule has 0 saturated heterocycles. The second-order valence-electron chi connectivity index (χ2n) is 4.57. The van der Waals surface area contributed by atoms with Crippen LogP contribution in [0.3, 0.4) is 0 Å². The lowest BCUT2D eigenvalue weighted by Crippen LogP contribution is -2.28. The average Bonchev–Trinajstić information content (AvgIpc) is 2.52. The van der Waals surface area contributed by atoms with Crippen LogP contribution in [0.4, 0.5) is 0 Å². The van der Waals surface area contributed by atoms with Crippen molar-refractivity contribution in [1.82, 2.24) is 0 Å². The standard InChI is InChI=1S/C12H19NO3/c1-16-11(15)8-12(9-13-10-14)6-4-2-3-5-7-12/h2-9H2,1H3. The average molecular weight is 225 g/mol. The number of hydrogen-bond donors (Lipinski definition) is 0. The molecule has 16 heavy (non-hydrogen) atoms. The van der Waals surface area contributed by atoms with Crippen molar-refractivity contribution in [2.75, 3.05) is 13.7 Å². The van der Waals surface area contributed by atoms with Gasteiger partial charge in [-0.25, -0.2) is 9.79 Å². The Morgan fingerprint density at radius 3 is 2.44 bits per heavy atom. The maximum Gasteiger partial charge on any atom is 0.306 e. The zero-order valence-corrected chi connectivity index (χ0v) is 9.83. The van der Waals surface area contributed by atoms with Crippen LogP contribution < -0.4 is 0 Å². The van der Waals surface area contributed by atoms with Crippen LogP contribution in [0.2, 0.25) is 0 Å². The molecule has 0 unspecified atom stereocenters. The van der Waals surface area contributed by atoms with Crippen molar-refractivity contribution < 1.29 is 14.3 Å². The summed E-state index contributed by atoms with van der Waals surface area (Å²) in [7, 11) is 1.40. The molecule has 1 saturated carbocycles. The molecular weight excluding hydrogens is 206 g/mol. The van der Waals surface area contributed by atoms with Gasteiger partial charge in [-0.2, -0.15) is 0 Å². The van der Waals surface area contributed by atoms with Crippen LogP contribution in [-0.4, -0.2) is 25.7 Å². The normalized spacial score (nSPS) is 19.3. The van der Waals surface area contributed by atoms with E-state index in [0.717, 1.165) is 25.7 Å². The van der Waals surface area contributed by atoms with E-state index in [1.54, 1.807) is 6.08 Å². The highest BCUT2D eigenvalue weighted by Gasteiger charge is 2.33. The summed E-state index contributed by atoms with van der Waals surface area (Å²) in [6, 6.07) is 0. The Morgan fingerprint density at radius 1 is 1.31 bits per heavy atom. The minimum absolute atomic E-state index is 0.166. The molecule has 0 aromatic rings. The van der Waals surface area contributed by atoms with E-state index < -0.39 is 0 Å². The van der Waals surface area contributed by atoms with Gasteiger partial charge in [0, 0.05) is 5.41 Å². The van der Waals surface area contributed by atoms with Gasteiger partial charge in [-0.1, -0.05) is 25.7 Å². The van der Waals surface area contributed by atoms with Gasteiger partial charge in [0.2, 0.25) is 6.08 Å². The fraction of sp³-hybridized carbons (Fsp3) is 0.833. The number of aliphatic imine (C=N–C) groups is 1. The molecular formula is C12H19NO3. The number of methoxy groups -OCH3 is 1. The Labute approximate surface area is 96.1 Å². The third kappa shape index (κ3) is 3.78. The van der Waals surface area contributed by atoms with Crippen LogP contribution >= 0.6 is 0 Å². The lowest BCUT2D eigenvalue weighted by molar-refractivity contribution is -0.143. The number of nitrogens with zero attached hydrogens (tertiary/aromatic N) is 1. The van der Waals surface area contributed by atoms with E-state index in [9.17, 15) is 9.59 Å². The van der Waals surface area contributed by atoms with E-state index >= 15 is 0 Å². The van der Waals surface area contributed by atoms with Gasteiger partial charge in [0.05, 0.1) is 20.1 Å². The first kappa shape index (κ1) is 12.9. The van der Waals surface area contributed by atoms with Crippen molar-refractivity contribution in [2.24, 2.45) is 10.4 Å². The van der Waals surface area contributed by atoms with Crippen LogP contribution in [0.1, 0.15) is 44.9 Å². The first-order valence-electron chi connectivity index (χ1n) is 5.83. The molecule has 0 spiro atoms. The Kier molecular flexibility index (Phi) is 5.20. The lowest BCUT2D eigenvalue weighted by Gasteiger charge is -2.29. The van der Waals surface area contributed by atoms with Gasteiger partial charge in [-0.3, -0.25) is 4.79 Å². The van der Waals surface area contributed by atoms with Crippen LogP contribution in [0.25, 0.3) is 0 Å². The molecule has 90 valence electrons.